The summed E-state index contributed by atoms with van der Waals surface area (Å²) in [6.45, 7) is 12.3. The summed E-state index contributed by atoms with van der Waals surface area (Å²) in [7, 11) is 0.481. The first-order valence-corrected chi connectivity index (χ1v) is 9.30. The highest BCUT2D eigenvalue weighted by atomic mass is 28.4. The number of aromatic nitrogens is 2. The highest BCUT2D eigenvalue weighted by molar-refractivity contribution is 6.74. The van der Waals surface area contributed by atoms with Crippen LogP contribution in [0.2, 0.25) is 18.1 Å². The van der Waals surface area contributed by atoms with E-state index in [1.54, 1.807) is 0 Å². The molecule has 0 saturated carbocycles. The van der Waals surface area contributed by atoms with Crippen LogP contribution in [0.25, 0.3) is 0 Å². The van der Waals surface area contributed by atoms with Crippen LogP contribution in [0.4, 0.5) is 0 Å². The van der Waals surface area contributed by atoms with Crippen molar-refractivity contribution in [3.05, 3.63) is 18.2 Å². The molecule has 1 heterocycles. The van der Waals surface area contributed by atoms with Crippen LogP contribution >= 0.6 is 0 Å². The Morgan fingerprint density at radius 2 is 2.00 bits per heavy atom. The Kier molecular flexibility index (Phi) is 4.55. The van der Waals surface area contributed by atoms with Crippen molar-refractivity contribution < 1.29 is 8.99 Å². The minimum Gasteiger partial charge on any atom is -0.417 e. The van der Waals surface area contributed by atoms with E-state index >= 15 is 0 Å². The smallest absolute Gasteiger partial charge is 0.241 e. The number of imidazole rings is 1. The van der Waals surface area contributed by atoms with Crippen LogP contribution in [0.1, 0.15) is 32.9 Å². The third kappa shape index (κ3) is 4.28. The first-order chi connectivity index (χ1) is 7.72. The van der Waals surface area contributed by atoms with Crippen molar-refractivity contribution in [1.29, 1.82) is 0 Å². The molecular formula is C13H27N2OSi+. The van der Waals surface area contributed by atoms with Gasteiger partial charge < -0.3 is 4.43 Å². The number of rotatable bonds is 5. The molecule has 0 aliphatic carbocycles. The Morgan fingerprint density at radius 3 is 2.47 bits per heavy atom. The van der Waals surface area contributed by atoms with Gasteiger partial charge in [-0.05, 0) is 24.6 Å². The highest BCUT2D eigenvalue weighted by Crippen LogP contribution is 2.36. The summed E-state index contributed by atoms with van der Waals surface area (Å²) in [5.41, 5.74) is 1.28. The second-order valence-electron chi connectivity index (χ2n) is 6.31. The minimum atomic E-state index is -1.55. The molecule has 0 amide bonds. The summed E-state index contributed by atoms with van der Waals surface area (Å²) in [5.74, 6) is 0. The third-order valence-corrected chi connectivity index (χ3v) is 8.21. The van der Waals surface area contributed by atoms with Gasteiger partial charge >= 0.3 is 0 Å². The monoisotopic (exact) mass is 255 g/mol. The van der Waals surface area contributed by atoms with Crippen LogP contribution in [-0.4, -0.2) is 19.9 Å². The molecule has 0 unspecified atom stereocenters. The molecule has 98 valence electrons. The average molecular weight is 255 g/mol. The Bertz CT molecular complexity index is 353. The van der Waals surface area contributed by atoms with E-state index in [9.17, 15) is 0 Å². The molecule has 0 aliphatic rings. The highest BCUT2D eigenvalue weighted by Gasteiger charge is 2.36. The molecule has 0 atom stereocenters. The molecule has 4 heteroatoms. The topological polar surface area (TPSA) is 28.9 Å². The van der Waals surface area contributed by atoms with Crippen molar-refractivity contribution in [2.24, 2.45) is 7.05 Å². The fraction of sp³-hybridized carbons (Fsp3) is 0.769. The maximum absolute atomic E-state index is 6.14. The van der Waals surface area contributed by atoms with E-state index in [0.29, 0.717) is 5.04 Å². The molecule has 17 heavy (non-hydrogen) atoms. The number of nitrogens with zero attached hydrogens (tertiary/aromatic N) is 1. The molecule has 0 aliphatic heterocycles. The van der Waals surface area contributed by atoms with Crippen LogP contribution in [0.3, 0.4) is 0 Å². The fourth-order valence-electron chi connectivity index (χ4n) is 1.45. The summed E-state index contributed by atoms with van der Waals surface area (Å²) in [6.07, 6.45) is 6.26. The number of hydrogen-bond donors (Lipinski definition) is 1. The first-order valence-electron chi connectivity index (χ1n) is 6.39. The molecule has 0 saturated heterocycles. The molecule has 1 aromatic heterocycles. The van der Waals surface area contributed by atoms with Crippen LogP contribution in [0.5, 0.6) is 0 Å². The quantitative estimate of drug-likeness (QED) is 0.489. The van der Waals surface area contributed by atoms with Crippen LogP contribution < -0.4 is 4.57 Å². The predicted molar refractivity (Wildman–Crippen MR) is 73.4 cm³/mol. The molecule has 0 bridgehead atoms. The zero-order valence-electron chi connectivity index (χ0n) is 12.1. The van der Waals surface area contributed by atoms with E-state index in [1.807, 2.05) is 17.9 Å². The molecule has 1 aromatic rings. The van der Waals surface area contributed by atoms with Gasteiger partial charge in [-0.1, -0.05) is 20.8 Å². The maximum atomic E-state index is 6.14. The summed E-state index contributed by atoms with van der Waals surface area (Å²) >= 11 is 0. The predicted octanol–water partition coefficient (Wildman–Crippen LogP) is 2.79. The second kappa shape index (κ2) is 5.36. The van der Waals surface area contributed by atoms with Gasteiger partial charge in [0.1, 0.15) is 11.9 Å². The average Bonchev–Trinajstić information content (AvgIpc) is 2.57. The number of H-pyrrole nitrogens is 1. The first kappa shape index (κ1) is 14.4. The Balaban J connectivity index is 2.29. The normalized spacial score (nSPS) is 13.1. The van der Waals surface area contributed by atoms with Gasteiger partial charge in [0.25, 0.3) is 0 Å². The lowest BCUT2D eigenvalue weighted by Crippen LogP contribution is -2.41. The van der Waals surface area contributed by atoms with Crippen LogP contribution in [0, 0.1) is 0 Å². The van der Waals surface area contributed by atoms with Gasteiger partial charge in [-0.25, -0.2) is 9.55 Å². The molecule has 0 radical (unpaired) electrons. The summed E-state index contributed by atoms with van der Waals surface area (Å²) in [5, 5.41) is 0.311. The van der Waals surface area contributed by atoms with Gasteiger partial charge in [0, 0.05) is 13.0 Å². The molecule has 0 aromatic carbocycles. The van der Waals surface area contributed by atoms with Crippen molar-refractivity contribution in [3.8, 4) is 0 Å². The summed E-state index contributed by atoms with van der Waals surface area (Å²) < 4.78 is 8.19. The molecule has 3 nitrogen and oxygen atoms in total. The molecular weight excluding hydrogens is 228 g/mol. The largest absolute Gasteiger partial charge is 0.417 e. The zero-order chi connectivity index (χ0) is 13.1. The molecule has 1 N–H and O–H groups in total. The van der Waals surface area contributed by atoms with Crippen molar-refractivity contribution >= 4 is 8.32 Å². The van der Waals surface area contributed by atoms with E-state index < -0.39 is 8.32 Å². The number of nitrogens with one attached hydrogen (secondary N) is 1. The van der Waals surface area contributed by atoms with Gasteiger partial charge in [0.15, 0.2) is 8.32 Å². The third-order valence-electron chi connectivity index (χ3n) is 3.67. The van der Waals surface area contributed by atoms with Crippen molar-refractivity contribution in [1.82, 2.24) is 4.98 Å². The fourth-order valence-corrected chi connectivity index (χ4v) is 2.54. The molecule has 1 rings (SSSR count). The van der Waals surface area contributed by atoms with Gasteiger partial charge in [-0.15, -0.1) is 0 Å². The Hall–Kier alpha value is -0.613. The maximum Gasteiger partial charge on any atom is 0.241 e. The van der Waals surface area contributed by atoms with Gasteiger partial charge in [-0.2, -0.15) is 0 Å². The summed E-state index contributed by atoms with van der Waals surface area (Å²) in [4.78, 5) is 3.25. The molecule has 0 fully saturated rings. The SMILES string of the molecule is C[n+]1c[nH]c(CCCO[Si](C)(C)C(C)(C)C)c1. The number of aryl methyl sites for hydroxylation is 2. The van der Waals surface area contributed by atoms with Crippen molar-refractivity contribution in [2.45, 2.75) is 51.7 Å². The van der Waals surface area contributed by atoms with Gasteiger partial charge in [0.05, 0.1) is 7.05 Å². The van der Waals surface area contributed by atoms with Gasteiger partial charge in [0.2, 0.25) is 6.33 Å². The lowest BCUT2D eigenvalue weighted by molar-refractivity contribution is -0.670. The van der Waals surface area contributed by atoms with E-state index in [1.165, 1.54) is 5.69 Å². The van der Waals surface area contributed by atoms with E-state index in [-0.39, 0.29) is 0 Å². The van der Waals surface area contributed by atoms with Crippen LogP contribution in [0.15, 0.2) is 12.5 Å². The number of hydrogen-bond acceptors (Lipinski definition) is 1. The molecule has 0 spiro atoms. The van der Waals surface area contributed by atoms with Crippen molar-refractivity contribution in [2.75, 3.05) is 6.61 Å². The lowest BCUT2D eigenvalue weighted by Gasteiger charge is -2.36. The number of aromatic amines is 1. The zero-order valence-corrected chi connectivity index (χ0v) is 13.1. The van der Waals surface area contributed by atoms with Crippen molar-refractivity contribution in [3.63, 3.8) is 0 Å². The van der Waals surface area contributed by atoms with E-state index in [4.69, 9.17) is 4.43 Å². The Morgan fingerprint density at radius 1 is 1.35 bits per heavy atom. The van der Waals surface area contributed by atoms with E-state index in [2.05, 4.69) is 45.0 Å². The minimum absolute atomic E-state index is 0.311. The lowest BCUT2D eigenvalue weighted by atomic mass is 10.2. The second-order valence-corrected chi connectivity index (χ2v) is 11.1. The van der Waals surface area contributed by atoms with E-state index in [0.717, 1.165) is 19.4 Å². The Labute approximate surface area is 106 Å². The van der Waals surface area contributed by atoms with Crippen LogP contribution in [-0.2, 0) is 17.9 Å². The van der Waals surface area contributed by atoms with Gasteiger partial charge in [-0.3, -0.25) is 0 Å². The standard InChI is InChI=1S/C13H26N2OSi/c1-13(2,3)17(5,6)16-9-7-8-12-10-15(4)11-14-12/h10-11H,7-9H2,1-6H3/p+1. The summed E-state index contributed by atoms with van der Waals surface area (Å²) in [6, 6.07) is 0.